The summed E-state index contributed by atoms with van der Waals surface area (Å²) < 4.78 is 14.8. The zero-order chi connectivity index (χ0) is 15.0. The lowest BCUT2D eigenvalue weighted by Gasteiger charge is -2.15. The van der Waals surface area contributed by atoms with E-state index in [2.05, 4.69) is 4.98 Å². The monoisotopic (exact) mass is 283 g/mol. The maximum absolute atomic E-state index is 13.4. The van der Waals surface area contributed by atoms with E-state index in [-0.39, 0.29) is 10.9 Å². The summed E-state index contributed by atoms with van der Waals surface area (Å²) in [7, 11) is 0. The fourth-order valence-corrected chi connectivity index (χ4v) is 2.31. The maximum Gasteiger partial charge on any atom is 0.266 e. The topological polar surface area (TPSA) is 60.9 Å². The molecule has 0 radical (unpaired) electrons. The Balaban J connectivity index is 2.43. The predicted molar refractivity (Wildman–Crippen MR) is 79.9 cm³/mol. The van der Waals surface area contributed by atoms with Crippen LogP contribution in [-0.4, -0.2) is 9.55 Å². The van der Waals surface area contributed by atoms with Crippen LogP contribution in [0.1, 0.15) is 18.8 Å². The van der Waals surface area contributed by atoms with E-state index in [1.54, 1.807) is 19.1 Å². The molecule has 0 aliphatic carbocycles. The lowest BCUT2D eigenvalue weighted by Crippen LogP contribution is -2.27. The number of halogens is 1. The van der Waals surface area contributed by atoms with Gasteiger partial charge in [-0.05, 0) is 37.3 Å². The van der Waals surface area contributed by atoms with E-state index in [4.69, 9.17) is 5.73 Å². The highest BCUT2D eigenvalue weighted by atomic mass is 19.1. The number of para-hydroxylation sites is 1. The van der Waals surface area contributed by atoms with Gasteiger partial charge >= 0.3 is 0 Å². The van der Waals surface area contributed by atoms with Crippen molar-refractivity contribution in [3.63, 3.8) is 0 Å². The largest absolute Gasteiger partial charge is 0.322 e. The molecule has 2 aromatic carbocycles. The number of rotatable bonds is 2. The normalized spacial score (nSPS) is 12.5. The summed E-state index contributed by atoms with van der Waals surface area (Å²) in [5.74, 6) is -0.0140. The van der Waals surface area contributed by atoms with Crippen LogP contribution in [0.5, 0.6) is 0 Å². The van der Waals surface area contributed by atoms with Gasteiger partial charge in [-0.2, -0.15) is 0 Å². The van der Waals surface area contributed by atoms with Gasteiger partial charge in [0.05, 0.1) is 22.6 Å². The second-order valence-corrected chi connectivity index (χ2v) is 4.90. The fraction of sp³-hybridized carbons (Fsp3) is 0.125. The molecule has 0 aliphatic heterocycles. The van der Waals surface area contributed by atoms with Crippen LogP contribution < -0.4 is 11.3 Å². The highest BCUT2D eigenvalue weighted by Gasteiger charge is 2.15. The third-order valence-electron chi connectivity index (χ3n) is 3.28. The van der Waals surface area contributed by atoms with E-state index in [1.807, 2.05) is 18.2 Å². The van der Waals surface area contributed by atoms with Crippen LogP contribution in [0.4, 0.5) is 4.39 Å². The average Bonchev–Trinajstić information content (AvgIpc) is 2.48. The molecule has 0 bridgehead atoms. The van der Waals surface area contributed by atoms with Crippen molar-refractivity contribution in [2.45, 2.75) is 13.0 Å². The van der Waals surface area contributed by atoms with Gasteiger partial charge in [-0.3, -0.25) is 9.36 Å². The summed E-state index contributed by atoms with van der Waals surface area (Å²) in [6.45, 7) is 1.76. The Morgan fingerprint density at radius 1 is 1.19 bits per heavy atom. The second kappa shape index (κ2) is 5.10. The number of nitrogens with two attached hydrogens (primary N) is 1. The molecule has 3 aromatic rings. The molecule has 4 nitrogen and oxygen atoms in total. The van der Waals surface area contributed by atoms with Crippen molar-refractivity contribution in [2.24, 2.45) is 5.73 Å². The minimum absolute atomic E-state index is 0.239. The van der Waals surface area contributed by atoms with Crippen molar-refractivity contribution >= 4 is 10.9 Å². The Bertz CT molecular complexity index is 857. The first-order chi connectivity index (χ1) is 10.1. The van der Waals surface area contributed by atoms with Crippen molar-refractivity contribution in [3.8, 4) is 5.69 Å². The quantitative estimate of drug-likeness (QED) is 0.786. The molecule has 0 fully saturated rings. The average molecular weight is 283 g/mol. The third-order valence-corrected chi connectivity index (χ3v) is 3.28. The van der Waals surface area contributed by atoms with Crippen molar-refractivity contribution < 1.29 is 4.39 Å². The van der Waals surface area contributed by atoms with Crippen LogP contribution >= 0.6 is 0 Å². The zero-order valence-corrected chi connectivity index (χ0v) is 11.5. The number of hydrogen-bond donors (Lipinski definition) is 1. The van der Waals surface area contributed by atoms with Gasteiger partial charge in [0.25, 0.3) is 5.56 Å². The number of hydrogen-bond acceptors (Lipinski definition) is 3. The first-order valence-corrected chi connectivity index (χ1v) is 6.61. The summed E-state index contributed by atoms with van der Waals surface area (Å²) in [4.78, 5) is 17.1. The van der Waals surface area contributed by atoms with Gasteiger partial charge < -0.3 is 5.73 Å². The van der Waals surface area contributed by atoms with Gasteiger partial charge in [0.2, 0.25) is 0 Å². The van der Waals surface area contributed by atoms with Crippen LogP contribution in [-0.2, 0) is 0 Å². The lowest BCUT2D eigenvalue weighted by atomic mass is 10.2. The molecule has 1 unspecified atom stereocenters. The number of aromatic nitrogens is 2. The van der Waals surface area contributed by atoms with Gasteiger partial charge in [0, 0.05) is 0 Å². The predicted octanol–water partition coefficient (Wildman–Crippen LogP) is 2.54. The van der Waals surface area contributed by atoms with Crippen LogP contribution in [0.15, 0.2) is 53.3 Å². The van der Waals surface area contributed by atoms with Crippen LogP contribution in [0.3, 0.4) is 0 Å². The molecule has 1 heterocycles. The standard InChI is InChI=1S/C16H14FN3O/c1-10(18)15-19-14-8-7-11(17)9-13(14)16(21)20(15)12-5-3-2-4-6-12/h2-10H,18H2,1H3. The molecule has 3 rings (SSSR count). The molecule has 1 atom stereocenters. The van der Waals surface area contributed by atoms with Gasteiger partial charge in [0.1, 0.15) is 11.6 Å². The summed E-state index contributed by atoms with van der Waals surface area (Å²) >= 11 is 0. The van der Waals surface area contributed by atoms with E-state index in [9.17, 15) is 9.18 Å². The van der Waals surface area contributed by atoms with Gasteiger partial charge in [0.15, 0.2) is 0 Å². The van der Waals surface area contributed by atoms with Gasteiger partial charge in [-0.15, -0.1) is 0 Å². The zero-order valence-electron chi connectivity index (χ0n) is 11.5. The summed E-state index contributed by atoms with van der Waals surface area (Å²) in [6, 6.07) is 12.6. The summed E-state index contributed by atoms with van der Waals surface area (Å²) in [6.07, 6.45) is 0. The van der Waals surface area contributed by atoms with Gasteiger partial charge in [-0.1, -0.05) is 18.2 Å². The highest BCUT2D eigenvalue weighted by Crippen LogP contribution is 2.17. The summed E-state index contributed by atoms with van der Waals surface area (Å²) in [5, 5.41) is 0.239. The Morgan fingerprint density at radius 3 is 2.57 bits per heavy atom. The number of nitrogens with zero attached hydrogens (tertiary/aromatic N) is 2. The number of fused-ring (bicyclic) bond motifs is 1. The van der Waals surface area contributed by atoms with Crippen molar-refractivity contribution in [1.82, 2.24) is 9.55 Å². The highest BCUT2D eigenvalue weighted by molar-refractivity contribution is 5.78. The molecular weight excluding hydrogens is 269 g/mol. The third kappa shape index (κ3) is 2.32. The Kier molecular flexibility index (Phi) is 3.27. The van der Waals surface area contributed by atoms with E-state index >= 15 is 0 Å². The Morgan fingerprint density at radius 2 is 1.90 bits per heavy atom. The van der Waals surface area contributed by atoms with Gasteiger partial charge in [-0.25, -0.2) is 9.37 Å². The molecule has 0 saturated heterocycles. The van der Waals surface area contributed by atoms with E-state index in [0.29, 0.717) is 17.0 Å². The Hall–Kier alpha value is -2.53. The lowest BCUT2D eigenvalue weighted by molar-refractivity contribution is 0.628. The summed E-state index contributed by atoms with van der Waals surface area (Å²) in [5.41, 5.74) is 6.73. The smallest absolute Gasteiger partial charge is 0.266 e. The molecule has 0 aliphatic rings. The molecule has 21 heavy (non-hydrogen) atoms. The molecule has 106 valence electrons. The van der Waals surface area contributed by atoms with E-state index in [1.165, 1.54) is 22.8 Å². The van der Waals surface area contributed by atoms with Crippen molar-refractivity contribution in [3.05, 3.63) is 70.5 Å². The van der Waals surface area contributed by atoms with Crippen LogP contribution in [0, 0.1) is 5.82 Å². The molecule has 0 spiro atoms. The number of benzene rings is 2. The van der Waals surface area contributed by atoms with Crippen molar-refractivity contribution in [1.29, 1.82) is 0 Å². The second-order valence-electron chi connectivity index (χ2n) is 4.90. The SMILES string of the molecule is CC(N)c1nc2ccc(F)cc2c(=O)n1-c1ccccc1. The minimum Gasteiger partial charge on any atom is -0.322 e. The minimum atomic E-state index is -0.463. The van der Waals surface area contributed by atoms with Crippen LogP contribution in [0.25, 0.3) is 16.6 Å². The fourth-order valence-electron chi connectivity index (χ4n) is 2.31. The van der Waals surface area contributed by atoms with Crippen LogP contribution in [0.2, 0.25) is 0 Å². The van der Waals surface area contributed by atoms with E-state index < -0.39 is 11.9 Å². The van der Waals surface area contributed by atoms with E-state index in [0.717, 1.165) is 0 Å². The Labute approximate surface area is 120 Å². The first kappa shape index (κ1) is 13.5. The molecule has 0 saturated carbocycles. The molecular formula is C16H14FN3O. The molecule has 5 heteroatoms. The first-order valence-electron chi connectivity index (χ1n) is 6.61. The molecule has 1 aromatic heterocycles. The molecule has 0 amide bonds. The van der Waals surface area contributed by atoms with Crippen molar-refractivity contribution in [2.75, 3.05) is 0 Å². The maximum atomic E-state index is 13.4. The molecule has 2 N–H and O–H groups in total.